The van der Waals surface area contributed by atoms with Crippen LogP contribution in [0.1, 0.15) is 17.8 Å². The van der Waals surface area contributed by atoms with Crippen molar-refractivity contribution in [2.75, 3.05) is 5.73 Å². The molecule has 13 heavy (non-hydrogen) atoms. The number of hydrogen-bond donors (Lipinski definition) is 2. The number of nitrogens with one attached hydrogen (secondary N) is 1. The van der Waals surface area contributed by atoms with Gasteiger partial charge in [-0.2, -0.15) is 0 Å². The molecule has 0 spiro atoms. The smallest absolute Gasteiger partial charge is 0.278 e. The Bertz CT molecular complexity index is 364. The van der Waals surface area contributed by atoms with Crippen LogP contribution in [0.5, 0.6) is 0 Å². The molecule has 6 heteroatoms. The molecule has 0 aliphatic heterocycles. The molecular weight excluding hydrogens is 246 g/mol. The van der Waals surface area contributed by atoms with Crippen molar-refractivity contribution in [1.29, 1.82) is 0 Å². The highest BCUT2D eigenvalue weighted by Gasteiger charge is 2.12. The van der Waals surface area contributed by atoms with Gasteiger partial charge in [-0.05, 0) is 0 Å². The van der Waals surface area contributed by atoms with Crippen molar-refractivity contribution in [1.82, 2.24) is 4.98 Å². The van der Waals surface area contributed by atoms with Gasteiger partial charge in [0.25, 0.3) is 6.43 Å². The normalized spacial score (nSPS) is 10.8. The van der Waals surface area contributed by atoms with Gasteiger partial charge in [-0.3, -0.25) is 4.79 Å². The summed E-state index contributed by atoms with van der Waals surface area (Å²) >= 11 is 3.03. The average molecular weight is 253 g/mol. The van der Waals surface area contributed by atoms with Gasteiger partial charge >= 0.3 is 0 Å². The fourth-order valence-electron chi connectivity index (χ4n) is 0.868. The summed E-state index contributed by atoms with van der Waals surface area (Å²) in [6.45, 7) is 0. The van der Waals surface area contributed by atoms with Gasteiger partial charge in [0, 0.05) is 11.4 Å². The summed E-state index contributed by atoms with van der Waals surface area (Å²) in [6, 6.07) is 0.812. The Labute approximate surface area is 81.1 Å². The van der Waals surface area contributed by atoms with Crippen LogP contribution in [0.4, 0.5) is 14.5 Å². The number of nitrogens with two attached hydrogens (primary N) is 1. The molecular formula is C7H7BrF2N2O. The van der Waals surface area contributed by atoms with Gasteiger partial charge in [0.05, 0.1) is 11.4 Å². The van der Waals surface area contributed by atoms with E-state index in [-0.39, 0.29) is 16.7 Å². The van der Waals surface area contributed by atoms with E-state index < -0.39 is 17.5 Å². The Morgan fingerprint density at radius 3 is 2.69 bits per heavy atom. The lowest BCUT2D eigenvalue weighted by Gasteiger charge is -2.05. The maximum absolute atomic E-state index is 12.2. The first-order chi connectivity index (χ1) is 6.06. The number of H-pyrrole nitrogens is 1. The molecule has 1 heterocycles. The summed E-state index contributed by atoms with van der Waals surface area (Å²) in [5.41, 5.74) is 4.61. The van der Waals surface area contributed by atoms with E-state index in [2.05, 4.69) is 20.9 Å². The third-order valence-electron chi connectivity index (χ3n) is 1.54. The number of halogens is 3. The second-order valence-corrected chi connectivity index (χ2v) is 2.98. The molecule has 1 aromatic heterocycles. The zero-order valence-corrected chi connectivity index (χ0v) is 8.07. The number of alkyl halides is 3. The van der Waals surface area contributed by atoms with Gasteiger partial charge in [-0.25, -0.2) is 8.78 Å². The van der Waals surface area contributed by atoms with Crippen LogP contribution in [-0.4, -0.2) is 4.98 Å². The Morgan fingerprint density at radius 1 is 1.62 bits per heavy atom. The van der Waals surface area contributed by atoms with E-state index in [0.717, 1.165) is 6.07 Å². The molecule has 0 bridgehead atoms. The average Bonchev–Trinajstić information content (AvgIpc) is 2.09. The predicted octanol–water partition coefficient (Wildman–Crippen LogP) is 1.79. The summed E-state index contributed by atoms with van der Waals surface area (Å²) < 4.78 is 24.3. The fourth-order valence-corrected chi connectivity index (χ4v) is 1.31. The summed E-state index contributed by atoms with van der Waals surface area (Å²) in [5.74, 6) is 0. The Morgan fingerprint density at radius 2 is 2.23 bits per heavy atom. The van der Waals surface area contributed by atoms with Gasteiger partial charge in [0.1, 0.15) is 5.69 Å². The highest BCUT2D eigenvalue weighted by molar-refractivity contribution is 9.08. The van der Waals surface area contributed by atoms with E-state index in [1.807, 2.05) is 0 Å². The first kappa shape index (κ1) is 10.2. The maximum atomic E-state index is 12.2. The van der Waals surface area contributed by atoms with Crippen LogP contribution in [0.15, 0.2) is 10.9 Å². The van der Waals surface area contributed by atoms with Gasteiger partial charge in [-0.15, -0.1) is 0 Å². The molecule has 0 fully saturated rings. The molecule has 1 rings (SSSR count). The van der Waals surface area contributed by atoms with Crippen LogP contribution in [0.2, 0.25) is 0 Å². The Kier molecular flexibility index (Phi) is 3.02. The SMILES string of the molecule is Nc1c(CBr)[nH]c(C(F)F)cc1=O. The third kappa shape index (κ3) is 2.06. The standard InChI is InChI=1S/C7H7BrF2N2O/c8-2-4-6(11)5(13)1-3(12-4)7(9)10/h1,7H,2,11H2,(H,12,13). The third-order valence-corrected chi connectivity index (χ3v) is 2.10. The predicted molar refractivity (Wildman–Crippen MR) is 49.1 cm³/mol. The first-order valence-corrected chi connectivity index (χ1v) is 4.54. The largest absolute Gasteiger partial charge is 0.394 e. The second kappa shape index (κ2) is 3.87. The van der Waals surface area contributed by atoms with Crippen LogP contribution in [-0.2, 0) is 5.33 Å². The van der Waals surface area contributed by atoms with E-state index in [0.29, 0.717) is 0 Å². The van der Waals surface area contributed by atoms with E-state index in [1.54, 1.807) is 0 Å². The molecule has 0 saturated heterocycles. The molecule has 0 atom stereocenters. The summed E-state index contributed by atoms with van der Waals surface area (Å²) in [5, 5.41) is 0.245. The molecule has 3 nitrogen and oxygen atoms in total. The fraction of sp³-hybridized carbons (Fsp3) is 0.286. The number of aromatic amines is 1. The van der Waals surface area contributed by atoms with Crippen molar-refractivity contribution in [3.05, 3.63) is 27.7 Å². The van der Waals surface area contributed by atoms with E-state index in [4.69, 9.17) is 5.73 Å². The van der Waals surface area contributed by atoms with Gasteiger partial charge in [-0.1, -0.05) is 15.9 Å². The highest BCUT2D eigenvalue weighted by Crippen LogP contribution is 2.17. The second-order valence-electron chi connectivity index (χ2n) is 2.42. The summed E-state index contributed by atoms with van der Waals surface area (Å²) in [4.78, 5) is 13.4. The number of rotatable bonds is 2. The monoisotopic (exact) mass is 252 g/mol. The number of hydrogen-bond acceptors (Lipinski definition) is 2. The number of pyridine rings is 1. The summed E-state index contributed by atoms with van der Waals surface area (Å²) in [6.07, 6.45) is -2.69. The number of nitrogen functional groups attached to an aromatic ring is 1. The topological polar surface area (TPSA) is 58.9 Å². The van der Waals surface area contributed by atoms with Crippen molar-refractivity contribution >= 4 is 21.6 Å². The molecule has 0 saturated carbocycles. The summed E-state index contributed by atoms with van der Waals surface area (Å²) in [7, 11) is 0. The lowest BCUT2D eigenvalue weighted by atomic mass is 10.2. The Balaban J connectivity index is 3.31. The minimum atomic E-state index is -2.69. The van der Waals surface area contributed by atoms with Gasteiger partial charge in [0.15, 0.2) is 0 Å². The molecule has 0 aromatic carbocycles. The van der Waals surface area contributed by atoms with Crippen molar-refractivity contribution in [2.24, 2.45) is 0 Å². The molecule has 72 valence electrons. The maximum Gasteiger partial charge on any atom is 0.278 e. The minimum Gasteiger partial charge on any atom is -0.394 e. The van der Waals surface area contributed by atoms with Crippen molar-refractivity contribution in [3.63, 3.8) is 0 Å². The van der Waals surface area contributed by atoms with Crippen LogP contribution in [0.3, 0.4) is 0 Å². The highest BCUT2D eigenvalue weighted by atomic mass is 79.9. The molecule has 0 radical (unpaired) electrons. The van der Waals surface area contributed by atoms with Gasteiger partial charge < -0.3 is 10.7 Å². The first-order valence-electron chi connectivity index (χ1n) is 3.42. The zero-order chi connectivity index (χ0) is 10.0. The molecule has 0 unspecified atom stereocenters. The van der Waals surface area contributed by atoms with Gasteiger partial charge in [0.2, 0.25) is 5.43 Å². The van der Waals surface area contributed by atoms with Crippen LogP contribution in [0.25, 0.3) is 0 Å². The molecule has 0 amide bonds. The molecule has 1 aromatic rings. The van der Waals surface area contributed by atoms with Crippen molar-refractivity contribution < 1.29 is 8.78 Å². The van der Waals surface area contributed by atoms with E-state index >= 15 is 0 Å². The van der Waals surface area contributed by atoms with E-state index in [9.17, 15) is 13.6 Å². The van der Waals surface area contributed by atoms with Crippen LogP contribution < -0.4 is 11.2 Å². The van der Waals surface area contributed by atoms with Crippen LogP contribution in [0, 0.1) is 0 Å². The number of anilines is 1. The lowest BCUT2D eigenvalue weighted by Crippen LogP contribution is -2.13. The van der Waals surface area contributed by atoms with Crippen molar-refractivity contribution in [3.8, 4) is 0 Å². The van der Waals surface area contributed by atoms with E-state index in [1.165, 1.54) is 0 Å². The Hall–Kier alpha value is -0.910. The quantitative estimate of drug-likeness (QED) is 0.789. The zero-order valence-electron chi connectivity index (χ0n) is 6.48. The molecule has 0 aliphatic carbocycles. The van der Waals surface area contributed by atoms with Crippen molar-refractivity contribution in [2.45, 2.75) is 11.8 Å². The minimum absolute atomic E-state index is 0.0266. The molecule has 3 N–H and O–H groups in total. The van der Waals surface area contributed by atoms with Crippen LogP contribution >= 0.6 is 15.9 Å². The molecule has 0 aliphatic rings. The lowest BCUT2D eigenvalue weighted by molar-refractivity contribution is 0.146. The number of aromatic nitrogens is 1.